The number of rotatable bonds is 5. The van der Waals surface area contributed by atoms with Gasteiger partial charge in [0.25, 0.3) is 5.91 Å². The molecule has 0 aliphatic carbocycles. The van der Waals surface area contributed by atoms with E-state index in [0.29, 0.717) is 18.3 Å². The summed E-state index contributed by atoms with van der Waals surface area (Å²) >= 11 is 0. The van der Waals surface area contributed by atoms with Crippen LogP contribution in [0.25, 0.3) is 6.08 Å². The number of ether oxygens (including phenoxy) is 1. The van der Waals surface area contributed by atoms with Crippen molar-refractivity contribution in [2.45, 2.75) is 52.5 Å². The largest absolute Gasteiger partial charge is 0.420 e. The Balaban J connectivity index is 1.76. The lowest BCUT2D eigenvalue weighted by Crippen LogP contribution is -2.30. The van der Waals surface area contributed by atoms with Gasteiger partial charge in [0.15, 0.2) is 5.76 Å². The van der Waals surface area contributed by atoms with Crippen LogP contribution in [0.15, 0.2) is 35.0 Å². The van der Waals surface area contributed by atoms with Crippen molar-refractivity contribution in [2.24, 2.45) is 4.99 Å². The monoisotopic (exact) mass is 355 g/mol. The van der Waals surface area contributed by atoms with E-state index in [-0.39, 0.29) is 11.9 Å². The van der Waals surface area contributed by atoms with E-state index in [4.69, 9.17) is 4.74 Å². The van der Waals surface area contributed by atoms with E-state index in [9.17, 15) is 4.79 Å². The molecule has 5 heteroatoms. The predicted octanol–water partition coefficient (Wildman–Crippen LogP) is 4.05. The highest BCUT2D eigenvalue weighted by molar-refractivity contribution is 6.11. The van der Waals surface area contributed by atoms with Crippen LogP contribution in [0.2, 0.25) is 0 Å². The Bertz CT molecular complexity index is 688. The van der Waals surface area contributed by atoms with E-state index in [1.807, 2.05) is 32.1 Å². The minimum Gasteiger partial charge on any atom is -0.420 e. The number of carbonyl (C=O) groups is 1. The van der Waals surface area contributed by atoms with Crippen LogP contribution in [0.1, 0.15) is 52.0 Å². The fourth-order valence-corrected chi connectivity index (χ4v) is 3.25. The Kier molecular flexibility index (Phi) is 5.96. The average Bonchev–Trinajstić information content (AvgIpc) is 2.97. The molecular formula is C21H29N3O2. The molecule has 5 nitrogen and oxygen atoms in total. The summed E-state index contributed by atoms with van der Waals surface area (Å²) in [5.74, 6) is 0.231. The average molecular weight is 355 g/mol. The smallest absolute Gasteiger partial charge is 0.300 e. The molecule has 1 aromatic carbocycles. The van der Waals surface area contributed by atoms with Crippen molar-refractivity contribution in [2.75, 3.05) is 24.5 Å². The number of carbonyl (C=O) groups excluding carboxylic acids is 1. The molecule has 3 rings (SSSR count). The lowest BCUT2D eigenvalue weighted by molar-refractivity contribution is -0.122. The third-order valence-corrected chi connectivity index (χ3v) is 5.04. The number of anilines is 1. The zero-order valence-corrected chi connectivity index (χ0v) is 16.1. The van der Waals surface area contributed by atoms with Crippen molar-refractivity contribution < 1.29 is 9.53 Å². The second-order valence-electron chi connectivity index (χ2n) is 6.97. The van der Waals surface area contributed by atoms with E-state index in [1.54, 1.807) is 4.90 Å². The third-order valence-electron chi connectivity index (χ3n) is 5.04. The first-order valence-corrected chi connectivity index (χ1v) is 9.76. The lowest BCUT2D eigenvalue weighted by Gasteiger charge is -2.28. The summed E-state index contributed by atoms with van der Waals surface area (Å²) < 4.78 is 5.78. The van der Waals surface area contributed by atoms with Gasteiger partial charge < -0.3 is 9.64 Å². The van der Waals surface area contributed by atoms with Crippen LogP contribution >= 0.6 is 0 Å². The minimum absolute atomic E-state index is 0.116. The summed E-state index contributed by atoms with van der Waals surface area (Å²) in [6.07, 6.45) is 6.58. The number of nitrogens with zero attached hydrogens (tertiary/aromatic N) is 3. The van der Waals surface area contributed by atoms with Crippen LogP contribution in [0.3, 0.4) is 0 Å². The summed E-state index contributed by atoms with van der Waals surface area (Å²) in [5.41, 5.74) is 2.22. The Morgan fingerprint density at radius 3 is 2.46 bits per heavy atom. The molecule has 2 heterocycles. The molecule has 26 heavy (non-hydrogen) atoms. The van der Waals surface area contributed by atoms with Crippen LogP contribution in [-0.4, -0.2) is 42.5 Å². The maximum atomic E-state index is 12.6. The molecule has 2 fully saturated rings. The summed E-state index contributed by atoms with van der Waals surface area (Å²) in [7, 11) is 0. The zero-order chi connectivity index (χ0) is 18.5. The molecule has 0 N–H and O–H groups in total. The topological polar surface area (TPSA) is 45.1 Å². The Labute approximate surface area is 156 Å². The van der Waals surface area contributed by atoms with Crippen LogP contribution < -0.4 is 4.90 Å². The lowest BCUT2D eigenvalue weighted by atomic mass is 10.1. The predicted molar refractivity (Wildman–Crippen MR) is 106 cm³/mol. The number of aliphatic imine (C=N–C) groups is 1. The third kappa shape index (κ3) is 4.09. The SMILES string of the molecule is CCC(C)N=C1OC(=Cc2ccc(N3CCCCC3)cc2)C(=O)N1CC. The first-order valence-electron chi connectivity index (χ1n) is 9.76. The summed E-state index contributed by atoms with van der Waals surface area (Å²) in [5, 5.41) is 0. The van der Waals surface area contributed by atoms with E-state index in [1.165, 1.54) is 24.9 Å². The number of likely N-dealkylation sites (N-methyl/N-ethyl adjacent to an activating group) is 1. The van der Waals surface area contributed by atoms with Crippen molar-refractivity contribution in [1.82, 2.24) is 4.90 Å². The maximum absolute atomic E-state index is 12.6. The number of amides is 1. The number of piperidine rings is 1. The Morgan fingerprint density at radius 2 is 1.85 bits per heavy atom. The highest BCUT2D eigenvalue weighted by Gasteiger charge is 2.33. The molecule has 1 amide bonds. The van der Waals surface area contributed by atoms with Gasteiger partial charge in [-0.1, -0.05) is 19.1 Å². The second kappa shape index (κ2) is 8.39. The molecule has 1 aromatic rings. The zero-order valence-electron chi connectivity index (χ0n) is 16.1. The molecule has 2 aliphatic rings. The molecule has 0 saturated carbocycles. The quantitative estimate of drug-likeness (QED) is 0.749. The fourth-order valence-electron chi connectivity index (χ4n) is 3.25. The second-order valence-corrected chi connectivity index (χ2v) is 6.97. The number of hydrogen-bond donors (Lipinski definition) is 0. The van der Waals surface area contributed by atoms with Crippen LogP contribution in [0, 0.1) is 0 Å². The van der Waals surface area contributed by atoms with Crippen LogP contribution in [0.5, 0.6) is 0 Å². The minimum atomic E-state index is -0.116. The van der Waals surface area contributed by atoms with Gasteiger partial charge in [-0.25, -0.2) is 4.99 Å². The van der Waals surface area contributed by atoms with Crippen molar-refractivity contribution in [3.63, 3.8) is 0 Å². The van der Waals surface area contributed by atoms with E-state index in [0.717, 1.165) is 25.1 Å². The van der Waals surface area contributed by atoms with E-state index >= 15 is 0 Å². The molecule has 2 aliphatic heterocycles. The van der Waals surface area contributed by atoms with Crippen LogP contribution in [-0.2, 0) is 9.53 Å². The molecule has 1 unspecified atom stereocenters. The number of benzene rings is 1. The Morgan fingerprint density at radius 1 is 1.15 bits per heavy atom. The molecule has 1 atom stereocenters. The normalized spacial score (nSPS) is 22.2. The number of amidine groups is 1. The van der Waals surface area contributed by atoms with Crippen molar-refractivity contribution in [3.05, 3.63) is 35.6 Å². The summed E-state index contributed by atoms with van der Waals surface area (Å²) in [6, 6.07) is 8.91. The van der Waals surface area contributed by atoms with Gasteiger partial charge in [-0.05, 0) is 63.3 Å². The molecule has 0 bridgehead atoms. The molecule has 0 radical (unpaired) electrons. The first kappa shape index (κ1) is 18.5. The van der Waals surface area contributed by atoms with E-state index in [2.05, 4.69) is 28.9 Å². The van der Waals surface area contributed by atoms with Gasteiger partial charge in [-0.15, -0.1) is 0 Å². The van der Waals surface area contributed by atoms with Crippen molar-refractivity contribution >= 4 is 23.7 Å². The fraction of sp³-hybridized carbons (Fsp3) is 0.524. The maximum Gasteiger partial charge on any atom is 0.300 e. The Hall–Kier alpha value is -2.30. The molecular weight excluding hydrogens is 326 g/mol. The summed E-state index contributed by atoms with van der Waals surface area (Å²) in [4.78, 5) is 21.1. The highest BCUT2D eigenvalue weighted by atomic mass is 16.5. The summed E-state index contributed by atoms with van der Waals surface area (Å²) in [6.45, 7) is 8.84. The van der Waals surface area contributed by atoms with E-state index < -0.39 is 0 Å². The molecule has 2 saturated heterocycles. The molecule has 0 aromatic heterocycles. The molecule has 0 spiro atoms. The van der Waals surface area contributed by atoms with Gasteiger partial charge in [0.1, 0.15) is 0 Å². The van der Waals surface area contributed by atoms with Gasteiger partial charge >= 0.3 is 6.02 Å². The van der Waals surface area contributed by atoms with Gasteiger partial charge in [-0.2, -0.15) is 0 Å². The van der Waals surface area contributed by atoms with Crippen LogP contribution in [0.4, 0.5) is 5.69 Å². The standard InChI is InChI=1S/C21H29N3O2/c1-4-16(3)22-21-24(5-2)20(25)19(26-21)15-17-9-11-18(12-10-17)23-13-7-6-8-14-23/h9-12,15-16H,4-8,13-14H2,1-3H3. The van der Waals surface area contributed by atoms with Crippen molar-refractivity contribution in [3.8, 4) is 0 Å². The number of hydrogen-bond acceptors (Lipinski definition) is 4. The highest BCUT2D eigenvalue weighted by Crippen LogP contribution is 2.23. The first-order chi connectivity index (χ1) is 12.6. The van der Waals surface area contributed by atoms with Gasteiger partial charge in [0.2, 0.25) is 0 Å². The van der Waals surface area contributed by atoms with Crippen molar-refractivity contribution in [1.29, 1.82) is 0 Å². The van der Waals surface area contributed by atoms with Gasteiger partial charge in [0, 0.05) is 25.3 Å². The van der Waals surface area contributed by atoms with Gasteiger partial charge in [-0.3, -0.25) is 9.69 Å². The molecule has 140 valence electrons. The van der Waals surface area contributed by atoms with Gasteiger partial charge in [0.05, 0.1) is 6.04 Å².